The van der Waals surface area contributed by atoms with Crippen molar-refractivity contribution in [1.82, 2.24) is 10.3 Å². The summed E-state index contributed by atoms with van der Waals surface area (Å²) in [5.74, 6) is 0.845. The molecule has 0 aliphatic rings. The van der Waals surface area contributed by atoms with Crippen LogP contribution in [0.5, 0.6) is 5.75 Å². The molecule has 1 heterocycles. The molecule has 0 aliphatic carbocycles. The molecule has 0 saturated heterocycles. The highest BCUT2D eigenvalue weighted by Crippen LogP contribution is 2.33. The molecule has 0 amide bonds. The molecule has 1 unspecified atom stereocenters. The van der Waals surface area contributed by atoms with Crippen LogP contribution in [0.4, 0.5) is 0 Å². The molecule has 17 heavy (non-hydrogen) atoms. The number of aromatic nitrogens is 1. The largest absolute Gasteiger partial charge is 0.492 e. The molecule has 1 rings (SSSR count). The summed E-state index contributed by atoms with van der Waals surface area (Å²) in [7, 11) is 0. The molecule has 3 heteroatoms. The first-order valence-electron chi connectivity index (χ1n) is 6.30. The van der Waals surface area contributed by atoms with Crippen molar-refractivity contribution in [2.75, 3.05) is 13.2 Å². The third-order valence-electron chi connectivity index (χ3n) is 2.65. The summed E-state index contributed by atoms with van der Waals surface area (Å²) >= 11 is 0. The molecule has 0 radical (unpaired) electrons. The van der Waals surface area contributed by atoms with Gasteiger partial charge in [0.1, 0.15) is 5.75 Å². The number of pyridine rings is 1. The maximum atomic E-state index is 5.50. The second kappa shape index (κ2) is 6.01. The van der Waals surface area contributed by atoms with Crippen LogP contribution < -0.4 is 10.1 Å². The van der Waals surface area contributed by atoms with Crippen molar-refractivity contribution in [3.05, 3.63) is 24.0 Å². The molecule has 0 fully saturated rings. The monoisotopic (exact) mass is 236 g/mol. The molecular weight excluding hydrogens is 212 g/mol. The molecule has 0 bridgehead atoms. The minimum absolute atomic E-state index is 0.155. The highest BCUT2D eigenvalue weighted by Gasteiger charge is 2.25. The highest BCUT2D eigenvalue weighted by atomic mass is 16.5. The third-order valence-corrected chi connectivity index (χ3v) is 2.65. The van der Waals surface area contributed by atoms with Crippen LogP contribution in [0.1, 0.15) is 46.2 Å². The van der Waals surface area contributed by atoms with E-state index in [4.69, 9.17) is 4.74 Å². The second-order valence-corrected chi connectivity index (χ2v) is 5.24. The molecule has 1 aromatic rings. The Morgan fingerprint density at radius 1 is 1.29 bits per heavy atom. The van der Waals surface area contributed by atoms with Gasteiger partial charge >= 0.3 is 0 Å². The third kappa shape index (κ3) is 4.00. The maximum Gasteiger partial charge on any atom is 0.137 e. The second-order valence-electron chi connectivity index (χ2n) is 5.24. The lowest BCUT2D eigenvalue weighted by molar-refractivity contribution is 0.274. The standard InChI is InChI=1S/C14H24N2O/c1-6-16-13(14(3,4)5)11-8-12(17-7-2)10-15-9-11/h8-10,13,16H,6-7H2,1-5H3. The van der Waals surface area contributed by atoms with Crippen LogP contribution in [0.2, 0.25) is 0 Å². The van der Waals surface area contributed by atoms with E-state index in [-0.39, 0.29) is 5.41 Å². The Hall–Kier alpha value is -1.09. The summed E-state index contributed by atoms with van der Waals surface area (Å²) in [5, 5.41) is 3.51. The van der Waals surface area contributed by atoms with Crippen molar-refractivity contribution in [1.29, 1.82) is 0 Å². The number of hydrogen-bond donors (Lipinski definition) is 1. The molecule has 96 valence electrons. The van der Waals surface area contributed by atoms with Crippen LogP contribution >= 0.6 is 0 Å². The van der Waals surface area contributed by atoms with E-state index in [1.807, 2.05) is 13.1 Å². The number of rotatable bonds is 5. The minimum atomic E-state index is 0.155. The van der Waals surface area contributed by atoms with Gasteiger partial charge in [-0.05, 0) is 30.5 Å². The fraction of sp³-hybridized carbons (Fsp3) is 0.643. The number of nitrogens with one attached hydrogen (secondary N) is 1. The lowest BCUT2D eigenvalue weighted by Gasteiger charge is -2.31. The van der Waals surface area contributed by atoms with Gasteiger partial charge < -0.3 is 10.1 Å². The molecule has 1 N–H and O–H groups in total. The fourth-order valence-corrected chi connectivity index (χ4v) is 1.97. The van der Waals surface area contributed by atoms with Gasteiger partial charge in [-0.15, -0.1) is 0 Å². The van der Waals surface area contributed by atoms with Gasteiger partial charge in [0.25, 0.3) is 0 Å². The van der Waals surface area contributed by atoms with Gasteiger partial charge in [-0.3, -0.25) is 4.98 Å². The van der Waals surface area contributed by atoms with Gasteiger partial charge in [0.2, 0.25) is 0 Å². The van der Waals surface area contributed by atoms with E-state index < -0.39 is 0 Å². The highest BCUT2D eigenvalue weighted by molar-refractivity contribution is 5.27. The minimum Gasteiger partial charge on any atom is -0.492 e. The SMILES string of the molecule is CCNC(c1cncc(OCC)c1)C(C)(C)C. The molecule has 3 nitrogen and oxygen atoms in total. The van der Waals surface area contributed by atoms with Crippen LogP contribution in [-0.4, -0.2) is 18.1 Å². The molecule has 0 aliphatic heterocycles. The van der Waals surface area contributed by atoms with Crippen molar-refractivity contribution in [2.24, 2.45) is 5.41 Å². The van der Waals surface area contributed by atoms with Crippen molar-refractivity contribution in [3.8, 4) is 5.75 Å². The van der Waals surface area contributed by atoms with Gasteiger partial charge in [0.05, 0.1) is 12.8 Å². The average molecular weight is 236 g/mol. The smallest absolute Gasteiger partial charge is 0.137 e. The van der Waals surface area contributed by atoms with Crippen LogP contribution in [0.25, 0.3) is 0 Å². The summed E-state index contributed by atoms with van der Waals surface area (Å²) in [6.07, 6.45) is 3.68. The number of ether oxygens (including phenoxy) is 1. The zero-order valence-electron chi connectivity index (χ0n) is 11.6. The maximum absolute atomic E-state index is 5.50. The summed E-state index contributed by atoms with van der Waals surface area (Å²) in [4.78, 5) is 4.25. The Kier molecular flexibility index (Phi) is 4.94. The first kappa shape index (κ1) is 14.0. The zero-order valence-corrected chi connectivity index (χ0v) is 11.6. The van der Waals surface area contributed by atoms with Gasteiger partial charge in [-0.25, -0.2) is 0 Å². The number of nitrogens with zero attached hydrogens (tertiary/aromatic N) is 1. The van der Waals surface area contributed by atoms with Gasteiger partial charge in [-0.1, -0.05) is 27.7 Å². The Balaban J connectivity index is 2.97. The Labute approximate surface area is 105 Å². The summed E-state index contributed by atoms with van der Waals surface area (Å²) in [6, 6.07) is 2.37. The van der Waals surface area contributed by atoms with Crippen molar-refractivity contribution in [3.63, 3.8) is 0 Å². The van der Waals surface area contributed by atoms with Crippen molar-refractivity contribution < 1.29 is 4.74 Å². The summed E-state index contributed by atoms with van der Waals surface area (Å²) < 4.78 is 5.50. The quantitative estimate of drug-likeness (QED) is 0.852. The molecule has 1 atom stereocenters. The summed E-state index contributed by atoms with van der Waals surface area (Å²) in [6.45, 7) is 12.4. The predicted octanol–water partition coefficient (Wildman–Crippen LogP) is 3.18. The van der Waals surface area contributed by atoms with Gasteiger partial charge in [-0.2, -0.15) is 0 Å². The summed E-state index contributed by atoms with van der Waals surface area (Å²) in [5.41, 5.74) is 1.34. The number of hydrogen-bond acceptors (Lipinski definition) is 3. The van der Waals surface area contributed by atoms with E-state index in [1.54, 1.807) is 6.20 Å². The van der Waals surface area contributed by atoms with Crippen LogP contribution in [0, 0.1) is 5.41 Å². The van der Waals surface area contributed by atoms with E-state index in [1.165, 1.54) is 5.56 Å². The Morgan fingerprint density at radius 3 is 2.53 bits per heavy atom. The predicted molar refractivity (Wildman–Crippen MR) is 71.3 cm³/mol. The van der Waals surface area contributed by atoms with Crippen LogP contribution in [0.3, 0.4) is 0 Å². The molecule has 1 aromatic heterocycles. The molecule has 0 saturated carbocycles. The van der Waals surface area contributed by atoms with E-state index >= 15 is 0 Å². The van der Waals surface area contributed by atoms with Gasteiger partial charge in [0.15, 0.2) is 0 Å². The van der Waals surface area contributed by atoms with Gasteiger partial charge in [0, 0.05) is 12.2 Å². The Morgan fingerprint density at radius 2 is 2.00 bits per heavy atom. The van der Waals surface area contributed by atoms with E-state index in [2.05, 4.69) is 44.1 Å². The van der Waals surface area contributed by atoms with Crippen LogP contribution in [0.15, 0.2) is 18.5 Å². The van der Waals surface area contributed by atoms with Crippen molar-refractivity contribution in [2.45, 2.75) is 40.7 Å². The first-order valence-corrected chi connectivity index (χ1v) is 6.30. The lowest BCUT2D eigenvalue weighted by atomic mass is 9.83. The van der Waals surface area contributed by atoms with E-state index in [9.17, 15) is 0 Å². The normalized spacial score (nSPS) is 13.5. The first-order chi connectivity index (χ1) is 7.99. The zero-order chi connectivity index (χ0) is 12.9. The molecule has 0 aromatic carbocycles. The fourth-order valence-electron chi connectivity index (χ4n) is 1.97. The molecular formula is C14H24N2O. The Bertz CT molecular complexity index is 344. The van der Waals surface area contributed by atoms with E-state index in [0.29, 0.717) is 12.6 Å². The lowest BCUT2D eigenvalue weighted by Crippen LogP contribution is -2.32. The van der Waals surface area contributed by atoms with Crippen molar-refractivity contribution >= 4 is 0 Å². The van der Waals surface area contributed by atoms with E-state index in [0.717, 1.165) is 12.3 Å². The average Bonchev–Trinajstić information content (AvgIpc) is 2.25. The van der Waals surface area contributed by atoms with Crippen LogP contribution in [-0.2, 0) is 0 Å². The molecule has 0 spiro atoms. The topological polar surface area (TPSA) is 34.2 Å².